The molecule has 0 aliphatic rings. The molecule has 13 heteroatoms. The number of anilines is 2. The first-order valence-corrected chi connectivity index (χ1v) is 11.9. The van der Waals surface area contributed by atoms with E-state index in [0.29, 0.717) is 34.1 Å². The Morgan fingerprint density at radius 3 is 2.42 bits per heavy atom. The maximum absolute atomic E-state index is 12.9. The molecule has 0 aliphatic heterocycles. The third-order valence-corrected chi connectivity index (χ3v) is 5.65. The molecule has 3 aromatic carbocycles. The minimum absolute atomic E-state index is 0.222. The van der Waals surface area contributed by atoms with E-state index in [1.165, 1.54) is 6.21 Å². The summed E-state index contributed by atoms with van der Waals surface area (Å²) >= 11 is 3.37. The molecule has 9 nitrogen and oxygen atoms in total. The van der Waals surface area contributed by atoms with Crippen LogP contribution in [0.2, 0.25) is 0 Å². The summed E-state index contributed by atoms with van der Waals surface area (Å²) < 4.78 is 50.4. The van der Waals surface area contributed by atoms with Crippen molar-refractivity contribution in [3.05, 3.63) is 85.9 Å². The summed E-state index contributed by atoms with van der Waals surface area (Å²) in [4.78, 5) is 22.6. The fraction of sp³-hybridized carbons (Fsp3) is 0.200. The van der Waals surface area contributed by atoms with Gasteiger partial charge in [-0.25, -0.2) is 0 Å². The zero-order valence-corrected chi connectivity index (χ0v) is 21.7. The van der Waals surface area contributed by atoms with Gasteiger partial charge < -0.3 is 14.8 Å². The predicted octanol–water partition coefficient (Wildman–Crippen LogP) is 6.55. The molecule has 0 aliphatic carbocycles. The van der Waals surface area contributed by atoms with Crippen LogP contribution in [0.4, 0.5) is 30.2 Å². The summed E-state index contributed by atoms with van der Waals surface area (Å²) in [5, 5.41) is 17.9. The Bertz CT molecular complexity index is 1350. The molecule has 0 heterocycles. The van der Waals surface area contributed by atoms with Gasteiger partial charge in [-0.2, -0.15) is 18.3 Å². The molecule has 0 saturated carbocycles. The first-order chi connectivity index (χ1) is 18.0. The third-order valence-electron chi connectivity index (χ3n) is 4.97. The van der Waals surface area contributed by atoms with Crippen LogP contribution in [-0.4, -0.2) is 30.3 Å². The Labute approximate surface area is 223 Å². The first kappa shape index (κ1) is 28.4. The molecule has 3 aromatic rings. The standard InChI is InChI=1S/C25H22BrF3N4O5/c1-3-37-22-10-16(13-30-32-20-9-6-17(25(27,28)29)11-21(20)33(35)36)19(26)12-23(22)38-14-24(34)31-18-7-4-15(2)5-8-18/h4-13,32H,3,14H2,1-2H3,(H,31,34)/b30-13-. The lowest BCUT2D eigenvalue weighted by molar-refractivity contribution is -0.384. The highest BCUT2D eigenvalue weighted by Gasteiger charge is 2.33. The van der Waals surface area contributed by atoms with Gasteiger partial charge >= 0.3 is 6.18 Å². The van der Waals surface area contributed by atoms with E-state index >= 15 is 0 Å². The molecule has 1 amide bonds. The van der Waals surface area contributed by atoms with E-state index < -0.39 is 22.4 Å². The largest absolute Gasteiger partial charge is 0.490 e. The lowest BCUT2D eigenvalue weighted by atomic mass is 10.1. The number of carbonyl (C=O) groups excluding carboxylic acids is 1. The molecule has 0 radical (unpaired) electrons. The molecule has 0 atom stereocenters. The van der Waals surface area contributed by atoms with E-state index in [9.17, 15) is 28.1 Å². The predicted molar refractivity (Wildman–Crippen MR) is 140 cm³/mol. The van der Waals surface area contributed by atoms with Crippen molar-refractivity contribution in [1.29, 1.82) is 0 Å². The van der Waals surface area contributed by atoms with Crippen molar-refractivity contribution in [2.45, 2.75) is 20.0 Å². The molecule has 0 aromatic heterocycles. The van der Waals surface area contributed by atoms with Gasteiger partial charge in [-0.3, -0.25) is 20.3 Å². The van der Waals surface area contributed by atoms with E-state index in [1.807, 2.05) is 19.1 Å². The Morgan fingerprint density at radius 1 is 1.11 bits per heavy atom. The third kappa shape index (κ3) is 7.68. The highest BCUT2D eigenvalue weighted by atomic mass is 79.9. The number of nitro groups is 1. The number of hydrogen-bond donors (Lipinski definition) is 2. The second kappa shape index (κ2) is 12.4. The molecule has 0 bridgehead atoms. The minimum atomic E-state index is -4.72. The molecule has 38 heavy (non-hydrogen) atoms. The molecule has 0 spiro atoms. The number of nitrogens with one attached hydrogen (secondary N) is 2. The van der Waals surface area contributed by atoms with Gasteiger partial charge in [0.05, 0.1) is 23.3 Å². The van der Waals surface area contributed by atoms with Crippen LogP contribution >= 0.6 is 15.9 Å². The zero-order chi connectivity index (χ0) is 27.9. The highest BCUT2D eigenvalue weighted by molar-refractivity contribution is 9.10. The molecule has 0 saturated heterocycles. The van der Waals surface area contributed by atoms with Gasteiger partial charge in [0.15, 0.2) is 18.1 Å². The SMILES string of the molecule is CCOc1cc(/C=N\Nc2ccc(C(F)(F)F)cc2[N+](=O)[O-])c(Br)cc1OCC(=O)Nc1ccc(C)cc1. The maximum atomic E-state index is 12.9. The fourth-order valence-electron chi connectivity index (χ4n) is 3.13. The summed E-state index contributed by atoms with van der Waals surface area (Å²) in [6.07, 6.45) is -3.43. The van der Waals surface area contributed by atoms with Gasteiger partial charge in [0, 0.05) is 21.8 Å². The number of amides is 1. The number of hydrogen-bond acceptors (Lipinski definition) is 7. The second-order valence-corrected chi connectivity index (χ2v) is 8.67. The lowest BCUT2D eigenvalue weighted by Crippen LogP contribution is -2.20. The van der Waals surface area contributed by atoms with Crippen molar-refractivity contribution in [3.8, 4) is 11.5 Å². The van der Waals surface area contributed by atoms with Crippen molar-refractivity contribution in [1.82, 2.24) is 0 Å². The summed E-state index contributed by atoms with van der Waals surface area (Å²) in [7, 11) is 0. The number of benzene rings is 3. The van der Waals surface area contributed by atoms with Crippen molar-refractivity contribution >= 4 is 45.1 Å². The first-order valence-electron chi connectivity index (χ1n) is 11.1. The topological polar surface area (TPSA) is 115 Å². The van der Waals surface area contributed by atoms with Crippen LogP contribution in [-0.2, 0) is 11.0 Å². The smallest absolute Gasteiger partial charge is 0.416 e. The fourth-order valence-corrected chi connectivity index (χ4v) is 3.56. The van der Waals surface area contributed by atoms with Crippen LogP contribution in [0.25, 0.3) is 0 Å². The molecular formula is C25H22BrF3N4O5. The number of carbonyl (C=O) groups is 1. The number of rotatable bonds is 10. The van der Waals surface area contributed by atoms with Gasteiger partial charge in [0.25, 0.3) is 11.6 Å². The summed E-state index contributed by atoms with van der Waals surface area (Å²) in [6.45, 7) is 3.70. The van der Waals surface area contributed by atoms with Gasteiger partial charge in [-0.15, -0.1) is 0 Å². The monoisotopic (exact) mass is 594 g/mol. The van der Waals surface area contributed by atoms with Gasteiger partial charge in [-0.05, 0) is 66.2 Å². The number of halogens is 4. The van der Waals surface area contributed by atoms with Crippen molar-refractivity contribution in [2.75, 3.05) is 24.0 Å². The average molecular weight is 595 g/mol. The van der Waals surface area contributed by atoms with Crippen molar-refractivity contribution < 1.29 is 32.4 Å². The summed E-state index contributed by atoms with van der Waals surface area (Å²) in [6, 6.07) is 12.5. The summed E-state index contributed by atoms with van der Waals surface area (Å²) in [5.41, 5.74) is 2.40. The van der Waals surface area contributed by atoms with Crippen molar-refractivity contribution in [2.24, 2.45) is 5.10 Å². The Kier molecular flexibility index (Phi) is 9.29. The van der Waals surface area contributed by atoms with Crippen LogP contribution in [0.15, 0.2) is 64.2 Å². The zero-order valence-electron chi connectivity index (χ0n) is 20.1. The van der Waals surface area contributed by atoms with Crippen LogP contribution in [0.5, 0.6) is 11.5 Å². The van der Waals surface area contributed by atoms with Crippen LogP contribution in [0.3, 0.4) is 0 Å². The average Bonchev–Trinajstić information content (AvgIpc) is 2.85. The molecule has 200 valence electrons. The number of hydrazone groups is 1. The highest BCUT2D eigenvalue weighted by Crippen LogP contribution is 2.36. The Balaban J connectivity index is 1.73. The maximum Gasteiger partial charge on any atom is 0.416 e. The molecule has 3 rings (SSSR count). The van der Waals surface area contributed by atoms with E-state index in [1.54, 1.807) is 31.2 Å². The molecule has 0 unspecified atom stereocenters. The second-order valence-electron chi connectivity index (χ2n) is 7.81. The quantitative estimate of drug-likeness (QED) is 0.156. The van der Waals surface area contributed by atoms with Crippen LogP contribution in [0, 0.1) is 17.0 Å². The number of nitro benzene ring substituents is 1. The van der Waals surface area contributed by atoms with Gasteiger partial charge in [-0.1, -0.05) is 17.7 Å². The van der Waals surface area contributed by atoms with Crippen LogP contribution < -0.4 is 20.2 Å². The number of nitrogens with zero attached hydrogens (tertiary/aromatic N) is 2. The Morgan fingerprint density at radius 2 is 1.79 bits per heavy atom. The van der Waals surface area contributed by atoms with E-state index in [2.05, 4.69) is 31.8 Å². The van der Waals surface area contributed by atoms with Crippen molar-refractivity contribution in [3.63, 3.8) is 0 Å². The summed E-state index contributed by atoms with van der Waals surface area (Å²) in [5.74, 6) is 0.211. The minimum Gasteiger partial charge on any atom is -0.490 e. The molecular weight excluding hydrogens is 573 g/mol. The van der Waals surface area contributed by atoms with E-state index in [0.717, 1.165) is 17.7 Å². The number of aryl methyl sites for hydroxylation is 1. The number of alkyl halides is 3. The van der Waals surface area contributed by atoms with Crippen LogP contribution in [0.1, 0.15) is 23.6 Å². The molecule has 2 N–H and O–H groups in total. The number of ether oxygens (including phenoxy) is 2. The normalized spacial score (nSPS) is 11.3. The Hall–Kier alpha value is -4.13. The van der Waals surface area contributed by atoms with E-state index in [-0.39, 0.29) is 24.0 Å². The van der Waals surface area contributed by atoms with Gasteiger partial charge in [0.2, 0.25) is 0 Å². The molecule has 0 fully saturated rings. The van der Waals surface area contributed by atoms with E-state index in [4.69, 9.17) is 9.47 Å². The van der Waals surface area contributed by atoms with Gasteiger partial charge in [0.1, 0.15) is 5.69 Å². The lowest BCUT2D eigenvalue weighted by Gasteiger charge is -2.14.